The van der Waals surface area contributed by atoms with Crippen molar-refractivity contribution in [1.82, 2.24) is 19.8 Å². The van der Waals surface area contributed by atoms with E-state index in [4.69, 9.17) is 14.2 Å². The molecule has 52 heavy (non-hydrogen) atoms. The van der Waals surface area contributed by atoms with Gasteiger partial charge in [-0.1, -0.05) is 30.3 Å². The number of carbonyl (C=O) groups is 3. The fourth-order valence-electron chi connectivity index (χ4n) is 7.07. The number of carbonyl (C=O) groups excluding carboxylic acids is 3. The zero-order valence-corrected chi connectivity index (χ0v) is 30.4. The summed E-state index contributed by atoms with van der Waals surface area (Å²) in [4.78, 5) is 53.5. The number of methoxy groups -OCH3 is 2. The van der Waals surface area contributed by atoms with E-state index >= 15 is 8.78 Å². The fraction of sp³-hybridized carbons (Fsp3) is 0.375. The first kappa shape index (κ1) is 36.4. The van der Waals surface area contributed by atoms with Gasteiger partial charge in [0.05, 0.1) is 61.2 Å². The van der Waals surface area contributed by atoms with Crippen molar-refractivity contribution in [2.24, 2.45) is 5.92 Å². The Hall–Kier alpha value is -5.39. The van der Waals surface area contributed by atoms with Gasteiger partial charge < -0.3 is 24.0 Å². The highest BCUT2D eigenvalue weighted by molar-refractivity contribution is 5.99. The first-order chi connectivity index (χ1) is 24.6. The van der Waals surface area contributed by atoms with E-state index < -0.39 is 34.5 Å². The lowest BCUT2D eigenvalue weighted by Gasteiger charge is -2.43. The summed E-state index contributed by atoms with van der Waals surface area (Å²) in [7, 11) is 4.80. The second kappa shape index (κ2) is 14.0. The summed E-state index contributed by atoms with van der Waals surface area (Å²) in [6, 6.07) is 16.1. The maximum absolute atomic E-state index is 15.0. The van der Waals surface area contributed by atoms with Gasteiger partial charge in [-0.3, -0.25) is 14.4 Å². The third-order valence-corrected chi connectivity index (χ3v) is 9.80. The smallest absolute Gasteiger partial charge is 0.310 e. The molecule has 0 bridgehead atoms. The Balaban J connectivity index is 1.36. The number of aromatic nitrogens is 2. The Labute approximate surface area is 301 Å². The molecule has 272 valence electrons. The molecule has 0 radical (unpaired) electrons. The molecular formula is C40H42F2N4O6. The first-order valence-corrected chi connectivity index (χ1v) is 17.1. The number of nitrogens with zero attached hydrogens (tertiary/aromatic N) is 4. The molecule has 0 spiro atoms. The van der Waals surface area contributed by atoms with Crippen molar-refractivity contribution in [2.75, 3.05) is 27.8 Å². The summed E-state index contributed by atoms with van der Waals surface area (Å²) in [6.45, 7) is 7.85. The van der Waals surface area contributed by atoms with Gasteiger partial charge in [-0.05, 0) is 69.5 Å². The maximum Gasteiger partial charge on any atom is 0.310 e. The van der Waals surface area contributed by atoms with Crippen molar-refractivity contribution in [1.29, 1.82) is 0 Å². The Kier molecular flexibility index (Phi) is 9.78. The van der Waals surface area contributed by atoms with Gasteiger partial charge in [0.15, 0.2) is 5.82 Å². The van der Waals surface area contributed by atoms with Crippen LogP contribution < -0.4 is 9.47 Å². The van der Waals surface area contributed by atoms with Crippen LogP contribution >= 0.6 is 0 Å². The molecular weight excluding hydrogens is 670 g/mol. The number of benzene rings is 3. The molecule has 0 N–H and O–H groups in total. The maximum atomic E-state index is 15.0. The van der Waals surface area contributed by atoms with E-state index in [1.807, 2.05) is 18.2 Å². The summed E-state index contributed by atoms with van der Waals surface area (Å²) >= 11 is 0. The minimum absolute atomic E-state index is 0.0842. The highest BCUT2D eigenvalue weighted by Crippen LogP contribution is 2.41. The van der Waals surface area contributed by atoms with Crippen LogP contribution in [0.25, 0.3) is 11.4 Å². The van der Waals surface area contributed by atoms with Gasteiger partial charge in [0.25, 0.3) is 5.91 Å². The van der Waals surface area contributed by atoms with Crippen LogP contribution in [0.15, 0.2) is 60.7 Å². The predicted octanol–water partition coefficient (Wildman–Crippen LogP) is 6.26. The van der Waals surface area contributed by atoms with Crippen molar-refractivity contribution >= 4 is 17.8 Å². The molecule has 0 saturated carbocycles. The standard InChI is InChI=1S/C40H42F2N4O6/c1-39(2,3)52-37(48)27-17-18-45(5)38(49)40(27,4)25-14-11-23(12-15-25)19-30-34-31(44-35(43-30)33-28(41)9-8-10-29(33)42)22-46(36(34)47)21-24-13-16-26(50-6)20-32(24)51-7/h8-16,20,27H,17-19,21-22H2,1-7H3. The van der Waals surface area contributed by atoms with Gasteiger partial charge >= 0.3 is 5.97 Å². The molecule has 2 atom stereocenters. The molecule has 3 heterocycles. The number of piperidine rings is 1. The molecule has 1 saturated heterocycles. The minimum Gasteiger partial charge on any atom is -0.497 e. The number of fused-ring (bicyclic) bond motifs is 1. The normalized spacial score (nSPS) is 18.8. The number of likely N-dealkylation sites (N-methyl/N-ethyl adjacent to an activating group) is 1. The molecule has 2 unspecified atom stereocenters. The third-order valence-electron chi connectivity index (χ3n) is 9.80. The topological polar surface area (TPSA) is 111 Å². The van der Waals surface area contributed by atoms with Gasteiger partial charge in [-0.15, -0.1) is 0 Å². The van der Waals surface area contributed by atoms with Crippen LogP contribution in [0.2, 0.25) is 0 Å². The largest absolute Gasteiger partial charge is 0.497 e. The summed E-state index contributed by atoms with van der Waals surface area (Å²) in [5.74, 6) is -2.33. The number of rotatable bonds is 9. The molecule has 6 rings (SSSR count). The Bertz CT molecular complexity index is 2030. The van der Waals surface area contributed by atoms with Crippen LogP contribution in [0.1, 0.15) is 72.6 Å². The van der Waals surface area contributed by atoms with Gasteiger partial charge in [0, 0.05) is 31.6 Å². The van der Waals surface area contributed by atoms with E-state index in [9.17, 15) is 14.4 Å². The monoisotopic (exact) mass is 712 g/mol. The summed E-state index contributed by atoms with van der Waals surface area (Å²) < 4.78 is 46.7. The molecule has 1 aromatic heterocycles. The summed E-state index contributed by atoms with van der Waals surface area (Å²) in [6.07, 6.45) is 0.568. The van der Waals surface area contributed by atoms with Crippen LogP contribution in [0.5, 0.6) is 11.5 Å². The van der Waals surface area contributed by atoms with Crippen LogP contribution in [0, 0.1) is 17.6 Å². The van der Waals surface area contributed by atoms with Gasteiger partial charge in [-0.25, -0.2) is 18.7 Å². The number of hydrogen-bond donors (Lipinski definition) is 0. The molecule has 3 aromatic carbocycles. The number of hydrogen-bond acceptors (Lipinski definition) is 8. The lowest BCUT2D eigenvalue weighted by molar-refractivity contribution is -0.169. The van der Waals surface area contributed by atoms with E-state index in [0.717, 1.165) is 23.3 Å². The predicted molar refractivity (Wildman–Crippen MR) is 189 cm³/mol. The van der Waals surface area contributed by atoms with E-state index in [1.165, 1.54) is 13.2 Å². The van der Waals surface area contributed by atoms with Crippen molar-refractivity contribution in [3.63, 3.8) is 0 Å². The average molecular weight is 713 g/mol. The summed E-state index contributed by atoms with van der Waals surface area (Å²) in [5, 5.41) is 0. The SMILES string of the molecule is COc1ccc(CN2Cc3nc(-c4c(F)cccc4F)nc(Cc4ccc(C5(C)C(=O)N(C)CCC5C(=O)OC(C)(C)C)cc4)c3C2=O)c(OC)c1. The van der Waals surface area contributed by atoms with Crippen molar-refractivity contribution in [2.45, 2.75) is 64.6 Å². The quantitative estimate of drug-likeness (QED) is 0.187. The second-order valence-electron chi connectivity index (χ2n) is 14.4. The average Bonchev–Trinajstić information content (AvgIpc) is 3.41. The molecule has 2 amide bonds. The number of amides is 2. The highest BCUT2D eigenvalue weighted by atomic mass is 19.1. The van der Waals surface area contributed by atoms with Crippen LogP contribution in [0.4, 0.5) is 8.78 Å². The molecule has 2 aliphatic rings. The van der Waals surface area contributed by atoms with Crippen LogP contribution in [-0.4, -0.2) is 71.0 Å². The molecule has 12 heteroatoms. The number of halogens is 2. The molecule has 0 aliphatic carbocycles. The highest BCUT2D eigenvalue weighted by Gasteiger charge is 2.52. The third kappa shape index (κ3) is 6.81. The van der Waals surface area contributed by atoms with Crippen molar-refractivity contribution in [3.8, 4) is 22.9 Å². The van der Waals surface area contributed by atoms with Gasteiger partial charge in [-0.2, -0.15) is 0 Å². The van der Waals surface area contributed by atoms with E-state index in [2.05, 4.69) is 9.97 Å². The Morgan fingerprint density at radius 1 is 0.962 bits per heavy atom. The van der Waals surface area contributed by atoms with E-state index in [1.54, 1.807) is 75.9 Å². The Morgan fingerprint density at radius 2 is 1.65 bits per heavy atom. The Morgan fingerprint density at radius 3 is 2.29 bits per heavy atom. The molecule has 4 aromatic rings. The van der Waals surface area contributed by atoms with Crippen LogP contribution in [-0.2, 0) is 39.3 Å². The van der Waals surface area contributed by atoms with Gasteiger partial charge in [0.1, 0.15) is 28.7 Å². The van der Waals surface area contributed by atoms with E-state index in [0.29, 0.717) is 41.4 Å². The second-order valence-corrected chi connectivity index (χ2v) is 14.4. The van der Waals surface area contributed by atoms with Crippen LogP contribution in [0.3, 0.4) is 0 Å². The molecule has 10 nitrogen and oxygen atoms in total. The number of likely N-dealkylation sites (tertiary alicyclic amines) is 1. The number of esters is 1. The minimum atomic E-state index is -1.18. The lowest BCUT2D eigenvalue weighted by atomic mass is 9.67. The fourth-order valence-corrected chi connectivity index (χ4v) is 7.07. The van der Waals surface area contributed by atoms with E-state index in [-0.39, 0.29) is 48.3 Å². The van der Waals surface area contributed by atoms with Gasteiger partial charge in [0.2, 0.25) is 5.91 Å². The van der Waals surface area contributed by atoms with Crippen molar-refractivity contribution < 1.29 is 37.4 Å². The molecule has 1 fully saturated rings. The molecule has 2 aliphatic heterocycles. The number of ether oxygens (including phenoxy) is 3. The first-order valence-electron chi connectivity index (χ1n) is 17.1. The summed E-state index contributed by atoms with van der Waals surface area (Å²) in [5.41, 5.74) is 0.724. The van der Waals surface area contributed by atoms with Crippen molar-refractivity contribution in [3.05, 3.63) is 106 Å². The zero-order chi connectivity index (χ0) is 37.5. The lowest BCUT2D eigenvalue weighted by Crippen LogP contribution is -2.56. The zero-order valence-electron chi connectivity index (χ0n) is 30.4.